The second-order valence-electron chi connectivity index (χ2n) is 8.91. The summed E-state index contributed by atoms with van der Waals surface area (Å²) in [6.45, 7) is 0. The summed E-state index contributed by atoms with van der Waals surface area (Å²) in [7, 11) is -2.37. The van der Waals surface area contributed by atoms with Crippen LogP contribution in [0.15, 0.2) is 53.4 Å². The van der Waals surface area contributed by atoms with Gasteiger partial charge in [0.2, 0.25) is 15.9 Å². The summed E-state index contributed by atoms with van der Waals surface area (Å²) < 4.78 is 28.3. The standard InChI is InChI=1S/C25H29N3O6S/c1-34-20-12-8-17(9-13-20)24(30)27(18-6-4-2-3-5-7-18)22-16-23(29)28(25(22)31)19-10-14-21(15-11-19)35(26,32)33/h8-15,18,22H,2-7,16H2,1H3,(H2,26,32,33). The number of carbonyl (C=O) groups excluding carboxylic acids is 3. The third-order valence-corrected chi connectivity index (χ3v) is 7.60. The van der Waals surface area contributed by atoms with Crippen molar-refractivity contribution in [1.29, 1.82) is 0 Å². The first-order valence-corrected chi connectivity index (χ1v) is 13.2. The molecule has 1 heterocycles. The van der Waals surface area contributed by atoms with E-state index in [4.69, 9.17) is 9.88 Å². The van der Waals surface area contributed by atoms with Crippen molar-refractivity contribution in [3.8, 4) is 5.75 Å². The molecule has 2 fully saturated rings. The van der Waals surface area contributed by atoms with E-state index in [1.54, 1.807) is 36.3 Å². The molecule has 1 saturated carbocycles. The van der Waals surface area contributed by atoms with E-state index in [2.05, 4.69) is 0 Å². The van der Waals surface area contributed by atoms with Crippen molar-refractivity contribution in [2.75, 3.05) is 12.0 Å². The Morgan fingerprint density at radius 3 is 2.11 bits per heavy atom. The van der Waals surface area contributed by atoms with Crippen molar-refractivity contribution >= 4 is 33.4 Å². The number of hydrogen-bond acceptors (Lipinski definition) is 6. The number of nitrogens with two attached hydrogens (primary N) is 1. The Morgan fingerprint density at radius 2 is 1.57 bits per heavy atom. The topological polar surface area (TPSA) is 127 Å². The predicted molar refractivity (Wildman–Crippen MR) is 129 cm³/mol. The first-order valence-electron chi connectivity index (χ1n) is 11.7. The monoisotopic (exact) mass is 499 g/mol. The highest BCUT2D eigenvalue weighted by Gasteiger charge is 2.46. The maximum atomic E-state index is 13.7. The molecule has 4 rings (SSSR count). The summed E-state index contributed by atoms with van der Waals surface area (Å²) in [5, 5.41) is 5.15. The van der Waals surface area contributed by atoms with Crippen molar-refractivity contribution < 1.29 is 27.5 Å². The number of sulfonamides is 1. The van der Waals surface area contributed by atoms with E-state index in [0.29, 0.717) is 11.3 Å². The Hall–Kier alpha value is -3.24. The molecule has 10 heteroatoms. The normalized spacial score (nSPS) is 19.5. The summed E-state index contributed by atoms with van der Waals surface area (Å²) in [5.41, 5.74) is 0.666. The first kappa shape index (κ1) is 24.9. The first-order chi connectivity index (χ1) is 16.7. The Balaban J connectivity index is 1.66. The quantitative estimate of drug-likeness (QED) is 0.481. The number of methoxy groups -OCH3 is 1. The number of hydrogen-bond donors (Lipinski definition) is 1. The van der Waals surface area contributed by atoms with Gasteiger partial charge in [0.05, 0.1) is 24.1 Å². The minimum Gasteiger partial charge on any atom is -0.497 e. The third-order valence-electron chi connectivity index (χ3n) is 6.67. The van der Waals surface area contributed by atoms with Crippen LogP contribution in [0.4, 0.5) is 5.69 Å². The van der Waals surface area contributed by atoms with Gasteiger partial charge in [-0.05, 0) is 61.4 Å². The average molecular weight is 500 g/mol. The van der Waals surface area contributed by atoms with Crippen molar-refractivity contribution in [2.24, 2.45) is 5.14 Å². The lowest BCUT2D eigenvalue weighted by molar-refractivity contribution is -0.123. The molecule has 1 aliphatic heterocycles. The summed E-state index contributed by atoms with van der Waals surface area (Å²) in [6, 6.07) is 10.9. The smallest absolute Gasteiger partial charge is 0.257 e. The van der Waals surface area contributed by atoms with Crippen molar-refractivity contribution in [3.05, 3.63) is 54.1 Å². The summed E-state index contributed by atoms with van der Waals surface area (Å²) in [6.07, 6.45) is 5.44. The van der Waals surface area contributed by atoms with Gasteiger partial charge >= 0.3 is 0 Å². The third kappa shape index (κ3) is 5.23. The van der Waals surface area contributed by atoms with Gasteiger partial charge in [-0.1, -0.05) is 25.7 Å². The van der Waals surface area contributed by atoms with Crippen molar-refractivity contribution in [1.82, 2.24) is 4.90 Å². The maximum absolute atomic E-state index is 13.7. The van der Waals surface area contributed by atoms with Gasteiger partial charge in [0.25, 0.3) is 11.8 Å². The molecule has 1 saturated heterocycles. The van der Waals surface area contributed by atoms with Crippen LogP contribution >= 0.6 is 0 Å². The van der Waals surface area contributed by atoms with E-state index in [0.717, 1.165) is 43.4 Å². The van der Waals surface area contributed by atoms with E-state index >= 15 is 0 Å². The highest BCUT2D eigenvalue weighted by molar-refractivity contribution is 7.89. The molecule has 0 bridgehead atoms. The number of carbonyl (C=O) groups is 3. The number of primary sulfonamides is 1. The number of rotatable bonds is 6. The van der Waals surface area contributed by atoms with Crippen molar-refractivity contribution in [2.45, 2.75) is 61.9 Å². The molecule has 2 aromatic rings. The van der Waals surface area contributed by atoms with Crippen LogP contribution in [0, 0.1) is 0 Å². The van der Waals surface area contributed by atoms with Crippen LogP contribution in [-0.2, 0) is 19.6 Å². The minimum atomic E-state index is -3.91. The van der Waals surface area contributed by atoms with Crippen LogP contribution in [0.3, 0.4) is 0 Å². The fourth-order valence-corrected chi connectivity index (χ4v) is 5.39. The fourth-order valence-electron chi connectivity index (χ4n) is 4.87. The molecule has 2 aliphatic rings. The molecule has 35 heavy (non-hydrogen) atoms. The molecule has 1 atom stereocenters. The van der Waals surface area contributed by atoms with Gasteiger partial charge in [-0.2, -0.15) is 0 Å². The number of imide groups is 1. The van der Waals surface area contributed by atoms with E-state index in [9.17, 15) is 22.8 Å². The lowest BCUT2D eigenvalue weighted by atomic mass is 10.0. The number of amides is 3. The molecule has 1 unspecified atom stereocenters. The summed E-state index contributed by atoms with van der Waals surface area (Å²) in [4.78, 5) is 42.8. The minimum absolute atomic E-state index is 0.119. The molecule has 0 spiro atoms. The molecule has 1 aliphatic carbocycles. The predicted octanol–water partition coefficient (Wildman–Crippen LogP) is 2.84. The highest BCUT2D eigenvalue weighted by atomic mass is 32.2. The number of benzene rings is 2. The number of ether oxygens (including phenoxy) is 1. The van der Waals surface area contributed by atoms with E-state index < -0.39 is 27.9 Å². The maximum Gasteiger partial charge on any atom is 0.257 e. The molecule has 3 amide bonds. The van der Waals surface area contributed by atoms with Crippen molar-refractivity contribution in [3.63, 3.8) is 0 Å². The zero-order valence-electron chi connectivity index (χ0n) is 19.6. The van der Waals surface area contributed by atoms with Crippen LogP contribution in [0.2, 0.25) is 0 Å². The molecular formula is C25H29N3O6S. The van der Waals surface area contributed by atoms with Crippen LogP contribution in [0.1, 0.15) is 55.3 Å². The zero-order chi connectivity index (χ0) is 25.2. The molecular weight excluding hydrogens is 470 g/mol. The molecule has 0 aromatic heterocycles. The van der Waals surface area contributed by atoms with Crippen LogP contribution in [-0.4, -0.2) is 50.2 Å². The van der Waals surface area contributed by atoms with E-state index in [-0.39, 0.29) is 29.0 Å². The van der Waals surface area contributed by atoms with E-state index in [1.165, 1.54) is 24.3 Å². The van der Waals surface area contributed by atoms with Crippen LogP contribution in [0.5, 0.6) is 5.75 Å². The van der Waals surface area contributed by atoms with Gasteiger partial charge in [0.15, 0.2) is 0 Å². The second kappa shape index (κ2) is 10.2. The van der Waals surface area contributed by atoms with Crippen LogP contribution < -0.4 is 14.8 Å². The summed E-state index contributed by atoms with van der Waals surface area (Å²) >= 11 is 0. The molecule has 0 radical (unpaired) electrons. The van der Waals surface area contributed by atoms with Crippen LogP contribution in [0.25, 0.3) is 0 Å². The molecule has 186 valence electrons. The zero-order valence-corrected chi connectivity index (χ0v) is 20.4. The molecule has 9 nitrogen and oxygen atoms in total. The second-order valence-corrected chi connectivity index (χ2v) is 10.5. The van der Waals surface area contributed by atoms with Gasteiger partial charge < -0.3 is 9.64 Å². The Morgan fingerprint density at radius 1 is 0.971 bits per heavy atom. The Kier molecular flexibility index (Phi) is 7.23. The SMILES string of the molecule is COc1ccc(C(=O)N(C2CCCCCC2)C2CC(=O)N(c3ccc(S(N)(=O)=O)cc3)C2=O)cc1. The van der Waals surface area contributed by atoms with Gasteiger partial charge in [-0.3, -0.25) is 14.4 Å². The number of anilines is 1. The summed E-state index contributed by atoms with van der Waals surface area (Å²) in [5.74, 6) is -0.616. The number of nitrogens with zero attached hydrogens (tertiary/aromatic N) is 2. The van der Waals surface area contributed by atoms with Gasteiger partial charge in [-0.25, -0.2) is 18.5 Å². The largest absolute Gasteiger partial charge is 0.497 e. The lowest BCUT2D eigenvalue weighted by Gasteiger charge is -2.35. The van der Waals surface area contributed by atoms with Gasteiger partial charge in [-0.15, -0.1) is 0 Å². The Labute approximate surface area is 204 Å². The molecule has 2 aromatic carbocycles. The van der Waals surface area contributed by atoms with Gasteiger partial charge in [0.1, 0.15) is 11.8 Å². The van der Waals surface area contributed by atoms with E-state index in [1.807, 2.05) is 0 Å². The highest BCUT2D eigenvalue weighted by Crippen LogP contribution is 2.32. The molecule has 2 N–H and O–H groups in total. The Bertz CT molecular complexity index is 1200. The van der Waals surface area contributed by atoms with Gasteiger partial charge in [0, 0.05) is 11.6 Å². The fraction of sp³-hybridized carbons (Fsp3) is 0.400. The average Bonchev–Trinajstić information content (AvgIpc) is 2.99. The lowest BCUT2D eigenvalue weighted by Crippen LogP contribution is -2.50.